The van der Waals surface area contributed by atoms with Crippen LogP contribution in [-0.2, 0) is 11.8 Å². The van der Waals surface area contributed by atoms with Gasteiger partial charge >= 0.3 is 0 Å². The van der Waals surface area contributed by atoms with E-state index >= 15 is 0 Å². The molecule has 2 aromatic rings. The van der Waals surface area contributed by atoms with Crippen molar-refractivity contribution < 1.29 is 14.0 Å². The molecule has 32 heavy (non-hydrogen) atoms. The van der Waals surface area contributed by atoms with Crippen molar-refractivity contribution in [1.29, 1.82) is 0 Å². The molecule has 2 N–H and O–H groups in total. The third-order valence-electron chi connectivity index (χ3n) is 6.12. The van der Waals surface area contributed by atoms with E-state index in [9.17, 15) is 0 Å². The molecule has 0 bridgehead atoms. The molecule has 0 atom stereocenters. The van der Waals surface area contributed by atoms with E-state index in [-0.39, 0.29) is 5.41 Å². The first-order chi connectivity index (χ1) is 15.6. The van der Waals surface area contributed by atoms with Crippen LogP contribution >= 0.6 is 0 Å². The Bertz CT molecular complexity index is 874. The molecule has 176 valence electrons. The fourth-order valence-electron chi connectivity index (χ4n) is 4.39. The molecular weight excluding hydrogens is 406 g/mol. The predicted molar refractivity (Wildman–Crippen MR) is 126 cm³/mol. The molecule has 1 saturated carbocycles. The van der Waals surface area contributed by atoms with E-state index in [0.29, 0.717) is 11.7 Å². The lowest BCUT2D eigenvalue weighted by Crippen LogP contribution is -2.40. The first kappa shape index (κ1) is 23.9. The van der Waals surface area contributed by atoms with Crippen LogP contribution in [0.15, 0.2) is 27.7 Å². The molecule has 1 aromatic carbocycles. The Morgan fingerprint density at radius 1 is 1.12 bits per heavy atom. The van der Waals surface area contributed by atoms with Gasteiger partial charge in [-0.1, -0.05) is 30.5 Å². The third kappa shape index (κ3) is 6.14. The first-order valence-corrected chi connectivity index (χ1v) is 11.6. The number of nitrogens with zero attached hydrogens (tertiary/aromatic N) is 3. The van der Waals surface area contributed by atoms with Gasteiger partial charge in [0.2, 0.25) is 5.89 Å². The average molecular weight is 444 g/mol. The monoisotopic (exact) mass is 443 g/mol. The van der Waals surface area contributed by atoms with Crippen molar-refractivity contribution in [2.75, 3.05) is 33.9 Å². The van der Waals surface area contributed by atoms with Crippen LogP contribution in [0.5, 0.6) is 11.5 Å². The van der Waals surface area contributed by atoms with Crippen LogP contribution in [0.3, 0.4) is 0 Å². The van der Waals surface area contributed by atoms with E-state index in [1.807, 2.05) is 13.0 Å². The molecule has 1 aliphatic carbocycles. The quantitative estimate of drug-likeness (QED) is 0.328. The third-order valence-corrected chi connectivity index (χ3v) is 6.12. The fraction of sp³-hybridized carbons (Fsp3) is 0.625. The molecule has 1 aromatic heterocycles. The van der Waals surface area contributed by atoms with Crippen LogP contribution in [0.2, 0.25) is 0 Å². The van der Waals surface area contributed by atoms with E-state index in [2.05, 4.69) is 39.8 Å². The molecule has 1 fully saturated rings. The molecular formula is C24H37N5O3. The van der Waals surface area contributed by atoms with Gasteiger partial charge in [-0.3, -0.25) is 4.99 Å². The number of nitrogens with one attached hydrogen (secondary N) is 2. The molecule has 8 nitrogen and oxygen atoms in total. The van der Waals surface area contributed by atoms with E-state index in [1.54, 1.807) is 14.2 Å². The number of rotatable bonds is 10. The molecule has 0 unspecified atom stereocenters. The molecule has 0 saturated heterocycles. The van der Waals surface area contributed by atoms with Gasteiger partial charge in [0, 0.05) is 24.9 Å². The van der Waals surface area contributed by atoms with Gasteiger partial charge in [0.1, 0.15) is 0 Å². The number of ether oxygens (including phenoxy) is 2. The Labute approximate surface area is 191 Å². The van der Waals surface area contributed by atoms with Gasteiger partial charge in [-0.05, 0) is 50.8 Å². The standard InChI is InChI=1S/C24H37N5O3/c1-5-25-23(26-15-9-10-22-28-18(2)29-32-22)27-17-24(13-7-6-8-14-24)19-11-12-20(30-3)21(16-19)31-4/h11-12,16H,5-10,13-15,17H2,1-4H3,(H2,25,26,27). The number of methoxy groups -OCH3 is 2. The van der Waals surface area contributed by atoms with Crippen LogP contribution < -0.4 is 20.1 Å². The summed E-state index contributed by atoms with van der Waals surface area (Å²) in [5, 5.41) is 10.7. The summed E-state index contributed by atoms with van der Waals surface area (Å²) in [5.41, 5.74) is 1.29. The topological polar surface area (TPSA) is 93.8 Å². The van der Waals surface area contributed by atoms with Crippen molar-refractivity contribution in [3.63, 3.8) is 0 Å². The summed E-state index contributed by atoms with van der Waals surface area (Å²) in [5.74, 6) is 3.74. The highest BCUT2D eigenvalue weighted by atomic mass is 16.5. The van der Waals surface area contributed by atoms with E-state index in [1.165, 1.54) is 24.8 Å². The van der Waals surface area contributed by atoms with Crippen molar-refractivity contribution in [3.05, 3.63) is 35.5 Å². The maximum absolute atomic E-state index is 5.58. The molecule has 1 heterocycles. The lowest BCUT2D eigenvalue weighted by atomic mass is 9.69. The summed E-state index contributed by atoms with van der Waals surface area (Å²) in [4.78, 5) is 9.26. The second kappa shape index (κ2) is 11.7. The van der Waals surface area contributed by atoms with Crippen LogP contribution in [0.4, 0.5) is 0 Å². The fourth-order valence-corrected chi connectivity index (χ4v) is 4.39. The molecule has 0 amide bonds. The lowest BCUT2D eigenvalue weighted by Gasteiger charge is -2.37. The van der Waals surface area contributed by atoms with Gasteiger partial charge < -0.3 is 24.6 Å². The minimum absolute atomic E-state index is 0.0153. The van der Waals surface area contributed by atoms with E-state index in [4.69, 9.17) is 19.0 Å². The summed E-state index contributed by atoms with van der Waals surface area (Å²) < 4.78 is 16.2. The zero-order valence-electron chi connectivity index (χ0n) is 19.9. The Hall–Kier alpha value is -2.77. The molecule has 3 rings (SSSR count). The molecule has 8 heteroatoms. The number of aliphatic imine (C=N–C) groups is 1. The zero-order valence-corrected chi connectivity index (χ0v) is 19.9. The smallest absolute Gasteiger partial charge is 0.226 e. The highest BCUT2D eigenvalue weighted by Gasteiger charge is 2.34. The van der Waals surface area contributed by atoms with Gasteiger partial charge in [0.25, 0.3) is 0 Å². The summed E-state index contributed by atoms with van der Waals surface area (Å²) >= 11 is 0. The number of hydrogen-bond acceptors (Lipinski definition) is 6. The first-order valence-electron chi connectivity index (χ1n) is 11.6. The highest BCUT2D eigenvalue weighted by Crippen LogP contribution is 2.42. The summed E-state index contributed by atoms with van der Waals surface area (Å²) in [6.07, 6.45) is 7.63. The summed E-state index contributed by atoms with van der Waals surface area (Å²) in [7, 11) is 3.36. The zero-order chi connectivity index (χ0) is 22.8. The molecule has 0 spiro atoms. The Morgan fingerprint density at radius 2 is 1.91 bits per heavy atom. The number of guanidine groups is 1. The number of aryl methyl sites for hydroxylation is 2. The Balaban J connectivity index is 1.69. The Morgan fingerprint density at radius 3 is 2.56 bits per heavy atom. The van der Waals surface area contributed by atoms with Gasteiger partial charge in [0.15, 0.2) is 23.3 Å². The van der Waals surface area contributed by atoms with Gasteiger partial charge in [0.05, 0.1) is 20.8 Å². The van der Waals surface area contributed by atoms with E-state index in [0.717, 1.165) is 62.8 Å². The minimum atomic E-state index is 0.0153. The molecule has 0 aliphatic heterocycles. The maximum atomic E-state index is 5.58. The van der Waals surface area contributed by atoms with Crippen molar-refractivity contribution in [1.82, 2.24) is 20.8 Å². The maximum Gasteiger partial charge on any atom is 0.226 e. The van der Waals surface area contributed by atoms with Crippen LogP contribution in [-0.4, -0.2) is 50.0 Å². The normalized spacial score (nSPS) is 15.9. The largest absolute Gasteiger partial charge is 0.493 e. The lowest BCUT2D eigenvalue weighted by molar-refractivity contribution is 0.298. The van der Waals surface area contributed by atoms with Crippen LogP contribution in [0.25, 0.3) is 0 Å². The second-order valence-electron chi connectivity index (χ2n) is 8.37. The number of hydrogen-bond donors (Lipinski definition) is 2. The van der Waals surface area contributed by atoms with Gasteiger partial charge in [-0.15, -0.1) is 0 Å². The molecule has 0 radical (unpaired) electrons. The number of benzene rings is 1. The second-order valence-corrected chi connectivity index (χ2v) is 8.37. The summed E-state index contributed by atoms with van der Waals surface area (Å²) in [6.45, 7) is 6.26. The van der Waals surface area contributed by atoms with Crippen molar-refractivity contribution in [2.24, 2.45) is 4.99 Å². The average Bonchev–Trinajstić information content (AvgIpc) is 3.25. The van der Waals surface area contributed by atoms with Gasteiger partial charge in [-0.2, -0.15) is 4.98 Å². The van der Waals surface area contributed by atoms with Crippen molar-refractivity contribution >= 4 is 5.96 Å². The highest BCUT2D eigenvalue weighted by molar-refractivity contribution is 5.79. The van der Waals surface area contributed by atoms with Crippen molar-refractivity contribution in [3.8, 4) is 11.5 Å². The van der Waals surface area contributed by atoms with Crippen LogP contribution in [0.1, 0.15) is 62.7 Å². The summed E-state index contributed by atoms with van der Waals surface area (Å²) in [6, 6.07) is 6.32. The SMILES string of the molecule is CCNC(=NCC1(c2ccc(OC)c(OC)c2)CCCCC1)NCCCc1nc(C)no1. The van der Waals surface area contributed by atoms with E-state index < -0.39 is 0 Å². The van der Waals surface area contributed by atoms with Crippen molar-refractivity contribution in [2.45, 2.75) is 64.2 Å². The predicted octanol–water partition coefficient (Wildman–Crippen LogP) is 3.79. The number of aromatic nitrogens is 2. The minimum Gasteiger partial charge on any atom is -0.493 e. The Kier molecular flexibility index (Phi) is 8.76. The molecule has 1 aliphatic rings. The van der Waals surface area contributed by atoms with Gasteiger partial charge in [-0.25, -0.2) is 0 Å². The van der Waals surface area contributed by atoms with Crippen LogP contribution in [0, 0.1) is 6.92 Å².